The fourth-order valence-electron chi connectivity index (χ4n) is 3.10. The first kappa shape index (κ1) is 17.0. The van der Waals surface area contributed by atoms with Gasteiger partial charge in [-0.15, -0.1) is 0 Å². The van der Waals surface area contributed by atoms with E-state index in [4.69, 9.17) is 0 Å². The van der Waals surface area contributed by atoms with E-state index in [1.54, 1.807) is 0 Å². The van der Waals surface area contributed by atoms with Crippen LogP contribution in [0.4, 0.5) is 0 Å². The van der Waals surface area contributed by atoms with Gasteiger partial charge in [0.1, 0.15) is 0 Å². The van der Waals surface area contributed by atoms with Crippen LogP contribution in [-0.2, 0) is 11.3 Å². The number of rotatable bonds is 5. The van der Waals surface area contributed by atoms with Crippen LogP contribution in [-0.4, -0.2) is 30.4 Å². The number of carbonyl (C=O) groups is 1. The zero-order chi connectivity index (χ0) is 16.2. The van der Waals surface area contributed by atoms with E-state index in [-0.39, 0.29) is 16.7 Å². The van der Waals surface area contributed by atoms with E-state index in [0.29, 0.717) is 6.42 Å². The summed E-state index contributed by atoms with van der Waals surface area (Å²) in [6, 6.07) is 10.6. The second kappa shape index (κ2) is 6.82. The lowest BCUT2D eigenvalue weighted by molar-refractivity contribution is -0.123. The van der Waals surface area contributed by atoms with Gasteiger partial charge in [-0.05, 0) is 29.4 Å². The number of hydrogen-bond acceptors (Lipinski definition) is 2. The molecule has 3 nitrogen and oxygen atoms in total. The standard InChI is InChI=1S/C19H30N2O/c1-18(2,3)12-17(22)20-14-19(4)10-11-21(15-19)13-16-8-6-5-7-9-16/h5-9H,10-15H2,1-4H3,(H,20,22). The third-order valence-electron chi connectivity index (χ3n) is 4.29. The number of benzene rings is 1. The number of nitrogens with one attached hydrogen (secondary N) is 1. The third-order valence-corrected chi connectivity index (χ3v) is 4.29. The summed E-state index contributed by atoms with van der Waals surface area (Å²) in [6.45, 7) is 12.6. The number of amides is 1. The molecule has 0 saturated carbocycles. The van der Waals surface area contributed by atoms with Crippen molar-refractivity contribution >= 4 is 5.91 Å². The van der Waals surface area contributed by atoms with E-state index < -0.39 is 0 Å². The lowest BCUT2D eigenvalue weighted by Gasteiger charge is -2.26. The van der Waals surface area contributed by atoms with Crippen molar-refractivity contribution in [2.24, 2.45) is 10.8 Å². The van der Waals surface area contributed by atoms with Crippen molar-refractivity contribution in [1.29, 1.82) is 0 Å². The molecule has 1 heterocycles. The van der Waals surface area contributed by atoms with E-state index in [2.05, 4.69) is 68.2 Å². The van der Waals surface area contributed by atoms with Crippen LogP contribution >= 0.6 is 0 Å². The van der Waals surface area contributed by atoms with Crippen LogP contribution in [0.25, 0.3) is 0 Å². The quantitative estimate of drug-likeness (QED) is 0.903. The fourth-order valence-corrected chi connectivity index (χ4v) is 3.10. The van der Waals surface area contributed by atoms with Gasteiger partial charge in [-0.25, -0.2) is 0 Å². The number of likely N-dealkylation sites (tertiary alicyclic amines) is 1. The summed E-state index contributed by atoms with van der Waals surface area (Å²) in [7, 11) is 0. The van der Waals surface area contributed by atoms with Gasteiger partial charge in [-0.1, -0.05) is 58.0 Å². The van der Waals surface area contributed by atoms with Crippen LogP contribution in [0.15, 0.2) is 30.3 Å². The van der Waals surface area contributed by atoms with Crippen molar-refractivity contribution in [3.63, 3.8) is 0 Å². The minimum atomic E-state index is 0.0556. The van der Waals surface area contributed by atoms with Crippen LogP contribution in [0.5, 0.6) is 0 Å². The summed E-state index contributed by atoms with van der Waals surface area (Å²) in [5, 5.41) is 3.14. The monoisotopic (exact) mass is 302 g/mol. The number of nitrogens with zero attached hydrogens (tertiary/aromatic N) is 1. The normalized spacial score (nSPS) is 22.7. The van der Waals surface area contributed by atoms with Gasteiger partial charge in [0.25, 0.3) is 0 Å². The van der Waals surface area contributed by atoms with Crippen LogP contribution in [0.1, 0.15) is 46.1 Å². The first-order valence-corrected chi connectivity index (χ1v) is 8.29. The molecule has 1 aromatic carbocycles. The molecule has 1 aliphatic heterocycles. The summed E-state index contributed by atoms with van der Waals surface area (Å²) < 4.78 is 0. The summed E-state index contributed by atoms with van der Waals surface area (Å²) >= 11 is 0. The SMILES string of the molecule is CC(C)(C)CC(=O)NCC1(C)CCN(Cc2ccccc2)C1. The lowest BCUT2D eigenvalue weighted by atomic mass is 9.88. The van der Waals surface area contributed by atoms with Gasteiger partial charge in [-0.2, -0.15) is 0 Å². The zero-order valence-electron chi connectivity index (χ0n) is 14.5. The number of carbonyl (C=O) groups excluding carboxylic acids is 1. The molecule has 3 heteroatoms. The number of hydrogen-bond donors (Lipinski definition) is 1. The van der Waals surface area contributed by atoms with Crippen molar-refractivity contribution in [3.8, 4) is 0 Å². The maximum Gasteiger partial charge on any atom is 0.220 e. The Labute approximate surface area is 135 Å². The first-order chi connectivity index (χ1) is 10.3. The molecule has 1 aromatic rings. The minimum absolute atomic E-state index is 0.0556. The Morgan fingerprint density at radius 3 is 2.59 bits per heavy atom. The average Bonchev–Trinajstić information content (AvgIpc) is 2.78. The Morgan fingerprint density at radius 1 is 1.27 bits per heavy atom. The van der Waals surface area contributed by atoms with Crippen molar-refractivity contribution in [2.75, 3.05) is 19.6 Å². The smallest absolute Gasteiger partial charge is 0.220 e. The Morgan fingerprint density at radius 2 is 1.95 bits per heavy atom. The van der Waals surface area contributed by atoms with Gasteiger partial charge in [0.05, 0.1) is 0 Å². The highest BCUT2D eigenvalue weighted by atomic mass is 16.1. The van der Waals surface area contributed by atoms with E-state index in [1.807, 2.05) is 0 Å². The molecule has 122 valence electrons. The highest BCUT2D eigenvalue weighted by Gasteiger charge is 2.34. The molecule has 1 atom stereocenters. The van der Waals surface area contributed by atoms with Gasteiger partial charge in [0, 0.05) is 26.1 Å². The molecule has 1 amide bonds. The van der Waals surface area contributed by atoms with Crippen LogP contribution in [0.3, 0.4) is 0 Å². The molecule has 1 N–H and O–H groups in total. The molecule has 0 spiro atoms. The summed E-state index contributed by atoms with van der Waals surface area (Å²) in [4.78, 5) is 14.5. The van der Waals surface area contributed by atoms with E-state index in [0.717, 1.165) is 32.6 Å². The molecule has 1 aliphatic rings. The largest absolute Gasteiger partial charge is 0.355 e. The molecular weight excluding hydrogens is 272 g/mol. The van der Waals surface area contributed by atoms with Crippen molar-refractivity contribution in [1.82, 2.24) is 10.2 Å². The lowest BCUT2D eigenvalue weighted by Crippen LogP contribution is -2.38. The second-order valence-electron chi connectivity index (χ2n) is 8.27. The Bertz CT molecular complexity index is 492. The molecule has 2 rings (SSSR count). The van der Waals surface area contributed by atoms with Gasteiger partial charge in [0.15, 0.2) is 0 Å². The van der Waals surface area contributed by atoms with Crippen molar-refractivity contribution in [2.45, 2.75) is 47.1 Å². The highest BCUT2D eigenvalue weighted by molar-refractivity contribution is 5.76. The predicted octanol–water partition coefficient (Wildman–Crippen LogP) is 3.45. The summed E-state index contributed by atoms with van der Waals surface area (Å²) in [6.07, 6.45) is 1.74. The molecule has 22 heavy (non-hydrogen) atoms. The molecule has 0 aliphatic carbocycles. The Hall–Kier alpha value is -1.35. The first-order valence-electron chi connectivity index (χ1n) is 8.29. The molecule has 1 unspecified atom stereocenters. The van der Waals surface area contributed by atoms with E-state index >= 15 is 0 Å². The van der Waals surface area contributed by atoms with Gasteiger partial charge in [0.2, 0.25) is 5.91 Å². The van der Waals surface area contributed by atoms with Crippen LogP contribution in [0.2, 0.25) is 0 Å². The Balaban J connectivity index is 1.79. The maximum absolute atomic E-state index is 12.0. The van der Waals surface area contributed by atoms with Crippen molar-refractivity contribution in [3.05, 3.63) is 35.9 Å². The van der Waals surface area contributed by atoms with Crippen LogP contribution < -0.4 is 5.32 Å². The molecule has 1 fully saturated rings. The summed E-state index contributed by atoms with van der Waals surface area (Å²) in [5.41, 5.74) is 1.62. The minimum Gasteiger partial charge on any atom is -0.355 e. The molecular formula is C19H30N2O. The second-order valence-corrected chi connectivity index (χ2v) is 8.27. The highest BCUT2D eigenvalue weighted by Crippen LogP contribution is 2.30. The topological polar surface area (TPSA) is 32.3 Å². The van der Waals surface area contributed by atoms with E-state index in [9.17, 15) is 4.79 Å². The Kier molecular flexibility index (Phi) is 5.28. The summed E-state index contributed by atoms with van der Waals surface area (Å²) in [5.74, 6) is 0.176. The average molecular weight is 302 g/mol. The van der Waals surface area contributed by atoms with E-state index in [1.165, 1.54) is 5.56 Å². The molecule has 0 radical (unpaired) electrons. The maximum atomic E-state index is 12.0. The fraction of sp³-hybridized carbons (Fsp3) is 0.632. The van der Waals surface area contributed by atoms with Crippen LogP contribution in [0, 0.1) is 10.8 Å². The zero-order valence-corrected chi connectivity index (χ0v) is 14.5. The predicted molar refractivity (Wildman–Crippen MR) is 91.5 cm³/mol. The van der Waals surface area contributed by atoms with Crippen molar-refractivity contribution < 1.29 is 4.79 Å². The molecule has 0 aromatic heterocycles. The molecule has 1 saturated heterocycles. The van der Waals surface area contributed by atoms with Gasteiger partial charge < -0.3 is 5.32 Å². The van der Waals surface area contributed by atoms with Gasteiger partial charge in [-0.3, -0.25) is 9.69 Å². The third kappa shape index (κ3) is 5.45. The molecule has 0 bridgehead atoms. The van der Waals surface area contributed by atoms with Gasteiger partial charge >= 0.3 is 0 Å².